The van der Waals surface area contributed by atoms with Gasteiger partial charge in [-0.05, 0) is 61.1 Å². The standard InChI is InChI=1S/C38H49NO4S/c1-3-5-7-9-11-13-16-20-26-24-29(39)31-33(35(26)40)38(43)34-32(37(31)42)30(44-28-22-18-15-19-23-28)25-27(36(34)41)21-17-14-12-10-8-6-4-2/h15,18-19,22-25,40-41H,3-14,16-17,20-21,39H2,1-2H3. The van der Waals surface area contributed by atoms with Gasteiger partial charge in [-0.1, -0.05) is 121 Å². The molecule has 0 radical (unpaired) electrons. The lowest BCUT2D eigenvalue weighted by molar-refractivity contribution is 0.0972. The predicted molar refractivity (Wildman–Crippen MR) is 181 cm³/mol. The van der Waals surface area contributed by atoms with E-state index in [1.54, 1.807) is 6.07 Å². The number of aryl methyl sites for hydroxylation is 2. The number of phenolic OH excluding ortho intramolecular Hbond substituents is 2. The second-order valence-corrected chi connectivity index (χ2v) is 13.3. The van der Waals surface area contributed by atoms with Crippen LogP contribution in [0.25, 0.3) is 0 Å². The highest BCUT2D eigenvalue weighted by molar-refractivity contribution is 7.99. The van der Waals surface area contributed by atoms with Crippen LogP contribution in [-0.2, 0) is 12.8 Å². The highest BCUT2D eigenvalue weighted by Gasteiger charge is 2.39. The summed E-state index contributed by atoms with van der Waals surface area (Å²) in [5, 5.41) is 22.9. The van der Waals surface area contributed by atoms with Crippen LogP contribution in [0.5, 0.6) is 11.5 Å². The highest BCUT2D eigenvalue weighted by atomic mass is 32.2. The van der Waals surface area contributed by atoms with Crippen LogP contribution in [0.2, 0.25) is 0 Å². The van der Waals surface area contributed by atoms with E-state index < -0.39 is 11.6 Å². The monoisotopic (exact) mass is 615 g/mol. The molecule has 0 bridgehead atoms. The second-order valence-electron chi connectivity index (χ2n) is 12.2. The average molecular weight is 616 g/mol. The van der Waals surface area contributed by atoms with Crippen LogP contribution in [0.1, 0.15) is 147 Å². The number of unbranched alkanes of at least 4 members (excludes halogenated alkanes) is 12. The molecule has 0 spiro atoms. The van der Waals surface area contributed by atoms with Crippen molar-refractivity contribution in [3.8, 4) is 11.5 Å². The molecule has 1 aliphatic carbocycles. The van der Waals surface area contributed by atoms with Gasteiger partial charge < -0.3 is 15.9 Å². The van der Waals surface area contributed by atoms with Gasteiger partial charge in [0.15, 0.2) is 5.78 Å². The van der Waals surface area contributed by atoms with Crippen LogP contribution >= 0.6 is 11.8 Å². The Morgan fingerprint density at radius 1 is 0.591 bits per heavy atom. The third kappa shape index (κ3) is 8.06. The minimum absolute atomic E-state index is 0.0100. The number of rotatable bonds is 18. The van der Waals surface area contributed by atoms with Crippen LogP contribution < -0.4 is 5.73 Å². The van der Waals surface area contributed by atoms with E-state index in [1.165, 1.54) is 63.1 Å². The molecule has 0 saturated carbocycles. The summed E-state index contributed by atoms with van der Waals surface area (Å²) in [4.78, 5) is 29.8. The molecule has 4 rings (SSSR count). The summed E-state index contributed by atoms with van der Waals surface area (Å²) in [6.07, 6.45) is 17.0. The van der Waals surface area contributed by atoms with Crippen molar-refractivity contribution in [3.05, 3.63) is 75.8 Å². The van der Waals surface area contributed by atoms with Crippen LogP contribution in [0.4, 0.5) is 5.69 Å². The molecular formula is C38H49NO4S. The molecule has 3 aromatic carbocycles. The maximum atomic E-state index is 14.2. The van der Waals surface area contributed by atoms with Gasteiger partial charge in [-0.2, -0.15) is 0 Å². The summed E-state index contributed by atoms with van der Waals surface area (Å²) in [5.74, 6) is -1.30. The molecule has 0 atom stereocenters. The number of nitrogens with two attached hydrogens (primary N) is 1. The Hall–Kier alpha value is -3.25. The van der Waals surface area contributed by atoms with Crippen LogP contribution in [0.3, 0.4) is 0 Å². The zero-order valence-electron chi connectivity index (χ0n) is 26.6. The fraction of sp³-hybridized carbons (Fsp3) is 0.474. The smallest absolute Gasteiger partial charge is 0.202 e. The van der Waals surface area contributed by atoms with E-state index in [4.69, 9.17) is 5.73 Å². The average Bonchev–Trinajstić information content (AvgIpc) is 3.02. The van der Waals surface area contributed by atoms with Crippen molar-refractivity contribution in [2.24, 2.45) is 0 Å². The molecule has 44 heavy (non-hydrogen) atoms. The first-order valence-electron chi connectivity index (χ1n) is 16.7. The number of aromatic hydroxyl groups is 2. The lowest BCUT2D eigenvalue weighted by Crippen LogP contribution is -2.24. The van der Waals surface area contributed by atoms with Gasteiger partial charge in [0.1, 0.15) is 11.5 Å². The summed E-state index contributed by atoms with van der Waals surface area (Å²) in [7, 11) is 0. The van der Waals surface area contributed by atoms with Gasteiger partial charge in [-0.3, -0.25) is 9.59 Å². The normalized spacial score (nSPS) is 12.4. The van der Waals surface area contributed by atoms with E-state index in [-0.39, 0.29) is 39.4 Å². The molecule has 1 aliphatic rings. The van der Waals surface area contributed by atoms with Crippen LogP contribution in [0.15, 0.2) is 52.3 Å². The Morgan fingerprint density at radius 2 is 1.05 bits per heavy atom. The maximum Gasteiger partial charge on any atom is 0.202 e. The van der Waals surface area contributed by atoms with Gasteiger partial charge in [0, 0.05) is 15.5 Å². The molecule has 6 heteroatoms. The number of phenols is 2. The quantitative estimate of drug-likeness (QED) is 0.0585. The summed E-state index contributed by atoms with van der Waals surface area (Å²) < 4.78 is 0. The zero-order chi connectivity index (χ0) is 31.5. The summed E-state index contributed by atoms with van der Waals surface area (Å²) in [5.41, 5.74) is 8.01. The molecule has 0 fully saturated rings. The van der Waals surface area contributed by atoms with Crippen molar-refractivity contribution in [1.29, 1.82) is 0 Å². The number of carbonyl (C=O) groups excluding carboxylic acids is 2. The molecule has 0 amide bonds. The van der Waals surface area contributed by atoms with Gasteiger partial charge in [0.05, 0.1) is 22.3 Å². The van der Waals surface area contributed by atoms with Crippen LogP contribution in [-0.4, -0.2) is 21.8 Å². The lowest BCUT2D eigenvalue weighted by atomic mass is 9.79. The van der Waals surface area contributed by atoms with Gasteiger partial charge >= 0.3 is 0 Å². The van der Waals surface area contributed by atoms with Gasteiger partial charge in [0.25, 0.3) is 0 Å². The number of hydrogen-bond acceptors (Lipinski definition) is 6. The molecule has 4 N–H and O–H groups in total. The van der Waals surface area contributed by atoms with E-state index in [0.29, 0.717) is 28.9 Å². The molecule has 3 aromatic rings. The first-order chi connectivity index (χ1) is 21.4. The van der Waals surface area contributed by atoms with E-state index in [1.807, 2.05) is 36.4 Å². The molecule has 5 nitrogen and oxygen atoms in total. The second kappa shape index (κ2) is 16.7. The molecule has 0 heterocycles. The highest BCUT2D eigenvalue weighted by Crippen LogP contribution is 2.46. The minimum Gasteiger partial charge on any atom is -0.507 e. The van der Waals surface area contributed by atoms with E-state index in [9.17, 15) is 19.8 Å². The summed E-state index contributed by atoms with van der Waals surface area (Å²) in [6, 6.07) is 13.2. The zero-order valence-corrected chi connectivity index (χ0v) is 27.4. The maximum absolute atomic E-state index is 14.2. The fourth-order valence-corrected chi connectivity index (χ4v) is 7.28. The number of carbonyl (C=O) groups is 2. The predicted octanol–water partition coefficient (Wildman–Crippen LogP) is 10.2. The Kier molecular flexibility index (Phi) is 12.8. The Balaban J connectivity index is 1.64. The van der Waals surface area contributed by atoms with E-state index >= 15 is 0 Å². The molecule has 0 unspecified atom stereocenters. The Morgan fingerprint density at radius 3 is 1.59 bits per heavy atom. The minimum atomic E-state index is -0.533. The van der Waals surface area contributed by atoms with Gasteiger partial charge in [0.2, 0.25) is 5.78 Å². The van der Waals surface area contributed by atoms with Crippen molar-refractivity contribution in [1.82, 2.24) is 0 Å². The number of ketones is 2. The SMILES string of the molecule is CCCCCCCCCc1cc(N)c2c(c1O)C(=O)c1c(O)c(CCCCCCCCC)cc(Sc3ccccc3)c1C2=O. The van der Waals surface area contributed by atoms with Gasteiger partial charge in [-0.25, -0.2) is 0 Å². The largest absolute Gasteiger partial charge is 0.507 e. The third-order valence-electron chi connectivity index (χ3n) is 8.73. The van der Waals surface area contributed by atoms with E-state index in [0.717, 1.165) is 43.4 Å². The van der Waals surface area contributed by atoms with Crippen molar-refractivity contribution in [2.45, 2.75) is 126 Å². The third-order valence-corrected chi connectivity index (χ3v) is 9.78. The van der Waals surface area contributed by atoms with Crippen molar-refractivity contribution < 1.29 is 19.8 Å². The first-order valence-corrected chi connectivity index (χ1v) is 17.6. The number of benzene rings is 3. The summed E-state index contributed by atoms with van der Waals surface area (Å²) >= 11 is 1.40. The number of nitrogen functional groups attached to an aromatic ring is 1. The molecule has 0 aliphatic heterocycles. The molecule has 0 aromatic heterocycles. The Bertz CT molecular complexity index is 1430. The van der Waals surface area contributed by atoms with E-state index in [2.05, 4.69) is 13.8 Å². The molecule has 0 saturated heterocycles. The summed E-state index contributed by atoms with van der Waals surface area (Å²) in [6.45, 7) is 4.41. The van der Waals surface area contributed by atoms with Crippen LogP contribution in [0, 0.1) is 0 Å². The molecular weight excluding hydrogens is 566 g/mol. The van der Waals surface area contributed by atoms with Crippen molar-refractivity contribution >= 4 is 29.0 Å². The Labute approximate surface area is 267 Å². The number of hydrogen-bond donors (Lipinski definition) is 3. The molecule has 236 valence electrons. The first kappa shape index (κ1) is 33.6. The topological polar surface area (TPSA) is 101 Å². The number of fused-ring (bicyclic) bond motifs is 2. The lowest BCUT2D eigenvalue weighted by Gasteiger charge is -2.25. The van der Waals surface area contributed by atoms with Gasteiger partial charge in [-0.15, -0.1) is 0 Å². The van der Waals surface area contributed by atoms with Crippen molar-refractivity contribution in [2.75, 3.05) is 5.73 Å². The number of anilines is 1. The fourth-order valence-electron chi connectivity index (χ4n) is 6.24. The van der Waals surface area contributed by atoms with Crippen molar-refractivity contribution in [3.63, 3.8) is 0 Å².